The number of benzene rings is 1. The van der Waals surface area contributed by atoms with Crippen LogP contribution < -0.4 is 4.74 Å². The highest BCUT2D eigenvalue weighted by Crippen LogP contribution is 2.60. The third kappa shape index (κ3) is 3.49. The average Bonchev–Trinajstić information content (AvgIpc) is 2.68. The number of carbonyl (C=O) groups excluding carboxylic acids is 1. The number of nitrogens with zero attached hydrogens (tertiary/aromatic N) is 1. The van der Waals surface area contributed by atoms with Gasteiger partial charge < -0.3 is 14.4 Å². The van der Waals surface area contributed by atoms with E-state index in [2.05, 4.69) is 24.3 Å². The third-order valence-corrected chi connectivity index (χ3v) is 7.45. The van der Waals surface area contributed by atoms with Crippen molar-refractivity contribution in [2.24, 2.45) is 17.8 Å². The summed E-state index contributed by atoms with van der Waals surface area (Å²) in [7, 11) is 0. The van der Waals surface area contributed by atoms with Crippen LogP contribution in [0.1, 0.15) is 50.5 Å². The van der Waals surface area contributed by atoms with E-state index in [9.17, 15) is 4.79 Å². The molecule has 5 fully saturated rings. The summed E-state index contributed by atoms with van der Waals surface area (Å²) in [6, 6.07) is 8.83. The van der Waals surface area contributed by atoms with Gasteiger partial charge in [-0.2, -0.15) is 0 Å². The molecule has 146 valence electrons. The fourth-order valence-electron chi connectivity index (χ4n) is 6.60. The standard InChI is InChI=1S/C23H31NO3/c25-22(24-6-9-26-10-7-24)5-8-27-21-3-1-20(2-4-21)23-14-17-11-18(15-23)13-19(12-17)16-23/h1-4,17-19H,5-16H2. The zero-order valence-electron chi connectivity index (χ0n) is 16.2. The number of morpholine rings is 1. The normalized spacial score (nSPS) is 34.7. The molecule has 27 heavy (non-hydrogen) atoms. The molecule has 0 radical (unpaired) electrons. The van der Waals surface area contributed by atoms with Crippen molar-refractivity contribution >= 4 is 5.91 Å². The van der Waals surface area contributed by atoms with Gasteiger partial charge in [-0.1, -0.05) is 12.1 Å². The van der Waals surface area contributed by atoms with Crippen molar-refractivity contribution in [3.63, 3.8) is 0 Å². The zero-order chi connectivity index (χ0) is 18.3. The predicted octanol–water partition coefficient (Wildman–Crippen LogP) is 3.78. The number of rotatable bonds is 5. The van der Waals surface area contributed by atoms with E-state index in [1.165, 1.54) is 44.1 Å². The summed E-state index contributed by atoms with van der Waals surface area (Å²) < 4.78 is 11.2. The molecule has 0 atom stereocenters. The summed E-state index contributed by atoms with van der Waals surface area (Å²) in [6.45, 7) is 3.17. The first-order valence-electron chi connectivity index (χ1n) is 10.8. The molecule has 1 amide bonds. The number of carbonyl (C=O) groups is 1. The lowest BCUT2D eigenvalue weighted by Gasteiger charge is -2.57. The fourth-order valence-corrected chi connectivity index (χ4v) is 6.60. The number of hydrogen-bond acceptors (Lipinski definition) is 3. The van der Waals surface area contributed by atoms with Crippen LogP contribution in [0, 0.1) is 17.8 Å². The van der Waals surface area contributed by atoms with Gasteiger partial charge in [0.2, 0.25) is 5.91 Å². The first-order chi connectivity index (χ1) is 13.2. The predicted molar refractivity (Wildman–Crippen MR) is 104 cm³/mol. The van der Waals surface area contributed by atoms with Gasteiger partial charge in [0.05, 0.1) is 26.2 Å². The van der Waals surface area contributed by atoms with Crippen molar-refractivity contribution in [2.75, 3.05) is 32.9 Å². The Kier molecular flexibility index (Phi) is 4.63. The van der Waals surface area contributed by atoms with Crippen molar-refractivity contribution in [3.8, 4) is 5.75 Å². The zero-order valence-corrected chi connectivity index (χ0v) is 16.2. The molecule has 0 N–H and O–H groups in total. The Morgan fingerprint density at radius 2 is 1.59 bits per heavy atom. The maximum Gasteiger partial charge on any atom is 0.226 e. The van der Waals surface area contributed by atoms with Gasteiger partial charge in [-0.15, -0.1) is 0 Å². The molecule has 0 spiro atoms. The molecule has 1 aromatic carbocycles. The van der Waals surface area contributed by atoms with Gasteiger partial charge in [-0.05, 0) is 79.4 Å². The molecule has 5 aliphatic rings. The highest BCUT2D eigenvalue weighted by atomic mass is 16.5. The van der Waals surface area contributed by atoms with Gasteiger partial charge in [0.15, 0.2) is 0 Å². The summed E-state index contributed by atoms with van der Waals surface area (Å²) >= 11 is 0. The van der Waals surface area contributed by atoms with Crippen molar-refractivity contribution in [2.45, 2.75) is 50.4 Å². The monoisotopic (exact) mass is 369 g/mol. The minimum absolute atomic E-state index is 0.170. The lowest BCUT2D eigenvalue weighted by atomic mass is 9.48. The smallest absolute Gasteiger partial charge is 0.226 e. The molecular formula is C23H31NO3. The summed E-state index contributed by atoms with van der Waals surface area (Å²) in [6.07, 6.45) is 9.08. The Bertz CT molecular complexity index is 642. The van der Waals surface area contributed by atoms with Crippen molar-refractivity contribution in [3.05, 3.63) is 29.8 Å². The van der Waals surface area contributed by atoms with Crippen LogP contribution in [0.25, 0.3) is 0 Å². The van der Waals surface area contributed by atoms with Crippen molar-refractivity contribution in [1.82, 2.24) is 4.90 Å². The topological polar surface area (TPSA) is 38.8 Å². The number of hydrogen-bond donors (Lipinski definition) is 0. The fraction of sp³-hybridized carbons (Fsp3) is 0.696. The van der Waals surface area contributed by atoms with E-state index >= 15 is 0 Å². The minimum atomic E-state index is 0.170. The summed E-state index contributed by atoms with van der Waals surface area (Å²) in [5, 5.41) is 0. The quantitative estimate of drug-likeness (QED) is 0.793. The van der Waals surface area contributed by atoms with Crippen LogP contribution in [-0.2, 0) is 14.9 Å². The van der Waals surface area contributed by atoms with Gasteiger partial charge in [-0.3, -0.25) is 4.79 Å². The van der Waals surface area contributed by atoms with Crippen LogP contribution in [-0.4, -0.2) is 43.7 Å². The molecular weight excluding hydrogens is 338 g/mol. The van der Waals surface area contributed by atoms with Crippen LogP contribution in [0.15, 0.2) is 24.3 Å². The van der Waals surface area contributed by atoms with Gasteiger partial charge in [-0.25, -0.2) is 0 Å². The molecule has 4 nitrogen and oxygen atoms in total. The van der Waals surface area contributed by atoms with E-state index in [4.69, 9.17) is 9.47 Å². The molecule has 0 aromatic heterocycles. The maximum absolute atomic E-state index is 12.2. The van der Waals surface area contributed by atoms with E-state index in [1.807, 2.05) is 4.90 Å². The molecule has 0 unspecified atom stereocenters. The number of ether oxygens (including phenoxy) is 2. The second-order valence-corrected chi connectivity index (χ2v) is 9.31. The Morgan fingerprint density at radius 3 is 2.19 bits per heavy atom. The lowest BCUT2D eigenvalue weighted by molar-refractivity contribution is -0.135. The molecule has 4 aliphatic carbocycles. The molecule has 1 saturated heterocycles. The molecule has 1 heterocycles. The first kappa shape index (κ1) is 17.5. The Morgan fingerprint density at radius 1 is 1.00 bits per heavy atom. The van der Waals surface area contributed by atoms with Gasteiger partial charge >= 0.3 is 0 Å². The van der Waals surface area contributed by atoms with Crippen LogP contribution in [0.2, 0.25) is 0 Å². The van der Waals surface area contributed by atoms with Crippen LogP contribution in [0.5, 0.6) is 5.75 Å². The van der Waals surface area contributed by atoms with E-state index in [0.29, 0.717) is 44.7 Å². The Labute approximate surface area is 162 Å². The third-order valence-electron chi connectivity index (χ3n) is 7.45. The number of amides is 1. The van der Waals surface area contributed by atoms with Crippen LogP contribution in [0.4, 0.5) is 0 Å². The van der Waals surface area contributed by atoms with Crippen LogP contribution in [0.3, 0.4) is 0 Å². The Hall–Kier alpha value is -1.55. The SMILES string of the molecule is O=C(CCOc1ccc(C23CC4CC(CC(C4)C2)C3)cc1)N1CCOCC1. The molecule has 4 heteroatoms. The maximum atomic E-state index is 12.2. The van der Waals surface area contributed by atoms with Crippen molar-refractivity contribution < 1.29 is 14.3 Å². The van der Waals surface area contributed by atoms with E-state index < -0.39 is 0 Å². The van der Waals surface area contributed by atoms with Crippen LogP contribution >= 0.6 is 0 Å². The minimum Gasteiger partial charge on any atom is -0.493 e. The van der Waals surface area contributed by atoms with E-state index in [-0.39, 0.29) is 5.91 Å². The largest absolute Gasteiger partial charge is 0.493 e. The Balaban J connectivity index is 1.17. The lowest BCUT2D eigenvalue weighted by Crippen LogP contribution is -2.48. The highest BCUT2D eigenvalue weighted by Gasteiger charge is 2.51. The highest BCUT2D eigenvalue weighted by molar-refractivity contribution is 5.76. The van der Waals surface area contributed by atoms with E-state index in [0.717, 1.165) is 23.5 Å². The first-order valence-corrected chi connectivity index (χ1v) is 10.8. The molecule has 1 aliphatic heterocycles. The molecule has 4 bridgehead atoms. The summed E-state index contributed by atoms with van der Waals surface area (Å²) in [4.78, 5) is 14.1. The van der Waals surface area contributed by atoms with Crippen molar-refractivity contribution in [1.29, 1.82) is 0 Å². The van der Waals surface area contributed by atoms with Gasteiger partial charge in [0.25, 0.3) is 0 Å². The summed E-state index contributed by atoms with van der Waals surface area (Å²) in [5.41, 5.74) is 1.97. The molecule has 4 saturated carbocycles. The average molecular weight is 370 g/mol. The molecule has 1 aromatic rings. The summed E-state index contributed by atoms with van der Waals surface area (Å²) in [5.74, 6) is 3.97. The van der Waals surface area contributed by atoms with Gasteiger partial charge in [0, 0.05) is 13.1 Å². The molecule has 6 rings (SSSR count). The van der Waals surface area contributed by atoms with E-state index in [1.54, 1.807) is 0 Å². The van der Waals surface area contributed by atoms with Gasteiger partial charge in [0.1, 0.15) is 5.75 Å². The second-order valence-electron chi connectivity index (χ2n) is 9.31. The second kappa shape index (κ2) is 7.12.